The van der Waals surface area contributed by atoms with Crippen LogP contribution >= 0.6 is 15.9 Å². The lowest BCUT2D eigenvalue weighted by atomic mass is 9.82. The molecule has 0 saturated heterocycles. The summed E-state index contributed by atoms with van der Waals surface area (Å²) in [6.07, 6.45) is 8.11. The molecule has 2 aliphatic carbocycles. The van der Waals surface area contributed by atoms with E-state index in [0.29, 0.717) is 17.6 Å². The molecule has 29 heavy (non-hydrogen) atoms. The van der Waals surface area contributed by atoms with Gasteiger partial charge in [0.2, 0.25) is 0 Å². The molecular formula is C22H29BrF4O2. The summed E-state index contributed by atoms with van der Waals surface area (Å²) in [6.45, 7) is 3.55. The molecular weight excluding hydrogens is 452 g/mol. The van der Waals surface area contributed by atoms with Gasteiger partial charge in [0.15, 0.2) is 0 Å². The van der Waals surface area contributed by atoms with Gasteiger partial charge in [0, 0.05) is 13.2 Å². The Labute approximate surface area is 178 Å². The summed E-state index contributed by atoms with van der Waals surface area (Å²) in [7, 11) is 0. The smallest absolute Gasteiger partial charge is 0.332 e. The Morgan fingerprint density at radius 1 is 0.897 bits per heavy atom. The fourth-order valence-corrected chi connectivity index (χ4v) is 5.01. The van der Waals surface area contributed by atoms with Gasteiger partial charge in [-0.2, -0.15) is 8.78 Å². The van der Waals surface area contributed by atoms with E-state index in [9.17, 15) is 17.6 Å². The molecule has 0 radical (unpaired) electrons. The molecule has 0 heterocycles. The molecule has 0 bridgehead atoms. The number of hydrogen-bond donors (Lipinski definition) is 0. The van der Waals surface area contributed by atoms with Crippen LogP contribution in [0.5, 0.6) is 0 Å². The number of halogens is 5. The van der Waals surface area contributed by atoms with E-state index in [1.54, 1.807) is 0 Å². The van der Waals surface area contributed by atoms with E-state index in [0.717, 1.165) is 76.7 Å². The maximum absolute atomic E-state index is 14.1. The highest BCUT2D eigenvalue weighted by Gasteiger charge is 2.35. The van der Waals surface area contributed by atoms with Gasteiger partial charge >= 0.3 is 4.83 Å². The van der Waals surface area contributed by atoms with Crippen LogP contribution in [0.3, 0.4) is 0 Å². The third-order valence-electron chi connectivity index (χ3n) is 6.26. The lowest BCUT2D eigenvalue weighted by Crippen LogP contribution is -2.27. The highest BCUT2D eigenvalue weighted by Crippen LogP contribution is 2.41. The normalized spacial score (nSPS) is 28.5. The van der Waals surface area contributed by atoms with Gasteiger partial charge in [0.05, 0.1) is 12.2 Å². The molecule has 0 aliphatic heterocycles. The molecule has 0 aromatic heterocycles. The molecule has 164 valence electrons. The molecule has 1 aromatic rings. The van der Waals surface area contributed by atoms with Gasteiger partial charge in [0.1, 0.15) is 17.2 Å². The van der Waals surface area contributed by atoms with Crippen LogP contribution in [0, 0.1) is 17.6 Å². The van der Waals surface area contributed by atoms with Crippen molar-refractivity contribution in [3.05, 3.63) is 34.9 Å². The zero-order chi connectivity index (χ0) is 21.0. The van der Waals surface area contributed by atoms with Crippen molar-refractivity contribution < 1.29 is 27.0 Å². The van der Waals surface area contributed by atoms with Crippen molar-refractivity contribution >= 4 is 15.9 Å². The number of rotatable bonds is 7. The fourth-order valence-electron chi connectivity index (χ4n) is 4.64. The first kappa shape index (κ1) is 23.0. The maximum Gasteiger partial charge on any atom is 0.332 e. The predicted octanol–water partition coefficient (Wildman–Crippen LogP) is 7.05. The Balaban J connectivity index is 1.46. The Morgan fingerprint density at radius 2 is 1.41 bits per heavy atom. The molecule has 7 heteroatoms. The minimum atomic E-state index is -3.72. The van der Waals surface area contributed by atoms with Crippen LogP contribution in [0.4, 0.5) is 17.6 Å². The summed E-state index contributed by atoms with van der Waals surface area (Å²) in [6, 6.07) is 2.10. The van der Waals surface area contributed by atoms with Gasteiger partial charge in [0.25, 0.3) is 0 Å². The van der Waals surface area contributed by atoms with Crippen molar-refractivity contribution in [1.82, 2.24) is 0 Å². The second-order valence-corrected chi connectivity index (χ2v) is 9.26. The average Bonchev–Trinajstić information content (AvgIpc) is 2.66. The van der Waals surface area contributed by atoms with Crippen molar-refractivity contribution in [3.63, 3.8) is 0 Å². The summed E-state index contributed by atoms with van der Waals surface area (Å²) < 4.78 is 66.5. The predicted molar refractivity (Wildman–Crippen MR) is 108 cm³/mol. The second kappa shape index (κ2) is 10.1. The summed E-state index contributed by atoms with van der Waals surface area (Å²) in [5.41, 5.74) is -0.773. The average molecular weight is 481 g/mol. The first-order valence-corrected chi connectivity index (χ1v) is 11.4. The summed E-state index contributed by atoms with van der Waals surface area (Å²) in [5.74, 6) is -1.87. The van der Waals surface area contributed by atoms with Crippen LogP contribution in [0.15, 0.2) is 12.1 Å². The number of ether oxygens (including phenoxy) is 2. The minimum Gasteiger partial charge on any atom is -0.379 e. The van der Waals surface area contributed by atoms with Gasteiger partial charge in [-0.05, 0) is 104 Å². The molecule has 3 rings (SSSR count). The first-order valence-electron chi connectivity index (χ1n) is 10.6. The van der Waals surface area contributed by atoms with E-state index < -0.39 is 22.0 Å². The Morgan fingerprint density at radius 3 is 1.93 bits per heavy atom. The first-order chi connectivity index (χ1) is 13.8. The number of benzene rings is 1. The largest absolute Gasteiger partial charge is 0.379 e. The van der Waals surface area contributed by atoms with Crippen molar-refractivity contribution in [1.29, 1.82) is 0 Å². The van der Waals surface area contributed by atoms with Crippen molar-refractivity contribution in [2.24, 2.45) is 5.92 Å². The van der Waals surface area contributed by atoms with E-state index >= 15 is 0 Å². The SMILES string of the molecule is CCOC1CCC(COC2CCC(c3cc(F)c(C(F)(F)Br)c(F)c3)CC2)CC1. The fraction of sp³-hybridized carbons (Fsp3) is 0.727. The van der Waals surface area contributed by atoms with Gasteiger partial charge in [-0.25, -0.2) is 8.78 Å². The van der Waals surface area contributed by atoms with E-state index in [-0.39, 0.29) is 12.0 Å². The van der Waals surface area contributed by atoms with Crippen LogP contribution in [0.2, 0.25) is 0 Å². The molecule has 0 N–H and O–H groups in total. The number of alkyl halides is 3. The molecule has 0 unspecified atom stereocenters. The van der Waals surface area contributed by atoms with Crippen LogP contribution in [0.25, 0.3) is 0 Å². The highest BCUT2D eigenvalue weighted by atomic mass is 79.9. The lowest BCUT2D eigenvalue weighted by Gasteiger charge is -2.32. The van der Waals surface area contributed by atoms with Gasteiger partial charge in [-0.1, -0.05) is 0 Å². The zero-order valence-corrected chi connectivity index (χ0v) is 18.3. The highest BCUT2D eigenvalue weighted by molar-refractivity contribution is 9.09. The third-order valence-corrected chi connectivity index (χ3v) is 6.65. The Bertz CT molecular complexity index is 640. The molecule has 0 atom stereocenters. The maximum atomic E-state index is 14.1. The van der Waals surface area contributed by atoms with Crippen LogP contribution in [0.1, 0.15) is 75.3 Å². The number of hydrogen-bond acceptors (Lipinski definition) is 2. The third kappa shape index (κ3) is 6.17. The Hall–Kier alpha value is -0.660. The summed E-state index contributed by atoms with van der Waals surface area (Å²) in [5, 5.41) is 0. The van der Waals surface area contributed by atoms with Crippen LogP contribution < -0.4 is 0 Å². The molecule has 0 amide bonds. The van der Waals surface area contributed by atoms with Gasteiger partial charge in [-0.3, -0.25) is 0 Å². The van der Waals surface area contributed by atoms with Crippen molar-refractivity contribution in [2.45, 2.75) is 81.2 Å². The minimum absolute atomic E-state index is 0.0292. The molecule has 2 fully saturated rings. The quantitative estimate of drug-likeness (QED) is 0.307. The van der Waals surface area contributed by atoms with Gasteiger partial charge < -0.3 is 9.47 Å². The van der Waals surface area contributed by atoms with E-state index in [1.165, 1.54) is 0 Å². The monoisotopic (exact) mass is 480 g/mol. The molecule has 1 aromatic carbocycles. The lowest BCUT2D eigenvalue weighted by molar-refractivity contribution is -0.0230. The Kier molecular flexibility index (Phi) is 8.01. The van der Waals surface area contributed by atoms with Crippen LogP contribution in [-0.4, -0.2) is 25.4 Å². The summed E-state index contributed by atoms with van der Waals surface area (Å²) >= 11 is 2.04. The molecule has 2 nitrogen and oxygen atoms in total. The molecule has 2 saturated carbocycles. The zero-order valence-electron chi connectivity index (χ0n) is 16.7. The molecule has 2 aliphatic rings. The van der Waals surface area contributed by atoms with E-state index in [2.05, 4.69) is 0 Å². The summed E-state index contributed by atoms with van der Waals surface area (Å²) in [4.78, 5) is -3.72. The molecule has 0 spiro atoms. The van der Waals surface area contributed by atoms with Crippen molar-refractivity contribution in [3.8, 4) is 0 Å². The van der Waals surface area contributed by atoms with E-state index in [1.807, 2.05) is 22.9 Å². The van der Waals surface area contributed by atoms with Gasteiger partial charge in [-0.15, -0.1) is 0 Å². The van der Waals surface area contributed by atoms with Crippen LogP contribution in [-0.2, 0) is 14.3 Å². The van der Waals surface area contributed by atoms with E-state index in [4.69, 9.17) is 9.47 Å². The second-order valence-electron chi connectivity index (χ2n) is 8.26. The standard InChI is InChI=1S/C22H29BrF4O2/c1-2-28-17-7-3-14(4-8-17)13-29-18-9-5-15(6-10-18)16-11-19(24)21(20(25)12-16)22(23,26)27/h11-12,14-15,17-18H,2-10,13H2,1H3. The van der Waals surface area contributed by atoms with Crippen molar-refractivity contribution in [2.75, 3.05) is 13.2 Å². The topological polar surface area (TPSA) is 18.5 Å².